The lowest BCUT2D eigenvalue weighted by molar-refractivity contribution is -0.137. The van der Waals surface area contributed by atoms with Gasteiger partial charge in [-0.15, -0.1) is 0 Å². The molecule has 1 aromatic rings. The molecule has 0 aromatic carbocycles. The van der Waals surface area contributed by atoms with E-state index in [0.29, 0.717) is 0 Å². The number of aromatic nitrogens is 1. The molecule has 1 unspecified atom stereocenters. The van der Waals surface area contributed by atoms with Crippen LogP contribution in [0.1, 0.15) is 31.5 Å². The molecule has 92 valence electrons. The Kier molecular flexibility index (Phi) is 3.72. The third-order valence-electron chi connectivity index (χ3n) is 3.00. The fourth-order valence-electron chi connectivity index (χ4n) is 2.07. The van der Waals surface area contributed by atoms with Gasteiger partial charge in [0.15, 0.2) is 0 Å². The highest BCUT2D eigenvalue weighted by Crippen LogP contribution is 2.29. The summed E-state index contributed by atoms with van der Waals surface area (Å²) in [4.78, 5) is 15.7. The number of aliphatic carboxylic acids is 1. The zero-order chi connectivity index (χ0) is 12.4. The minimum atomic E-state index is -0.757. The van der Waals surface area contributed by atoms with Crippen molar-refractivity contribution in [2.45, 2.75) is 43.4 Å². The number of fused-ring (bicyclic) bond motifs is 1. The van der Waals surface area contributed by atoms with E-state index >= 15 is 0 Å². The first-order chi connectivity index (χ1) is 8.08. The Labute approximate surface area is 106 Å². The largest absolute Gasteiger partial charge is 0.480 e. The van der Waals surface area contributed by atoms with Gasteiger partial charge in [-0.2, -0.15) is 0 Å². The molecule has 1 atom stereocenters. The highest BCUT2D eigenvalue weighted by molar-refractivity contribution is 8.00. The first kappa shape index (κ1) is 12.4. The van der Waals surface area contributed by atoms with Crippen molar-refractivity contribution in [3.05, 3.63) is 23.4 Å². The minimum Gasteiger partial charge on any atom is -0.480 e. The Bertz CT molecular complexity index is 431. The second-order valence-electron chi connectivity index (χ2n) is 4.73. The Hall–Kier alpha value is -1.03. The molecule has 0 bridgehead atoms. The van der Waals surface area contributed by atoms with Crippen LogP contribution in [0.3, 0.4) is 0 Å². The first-order valence-corrected chi connectivity index (χ1v) is 6.84. The maximum atomic E-state index is 11.1. The van der Waals surface area contributed by atoms with Crippen LogP contribution in [0.15, 0.2) is 17.2 Å². The highest BCUT2D eigenvalue weighted by atomic mass is 32.2. The SMILES string of the molecule is CC(C)C(Sc1ccc2c(n1)CCC2)C(=O)O. The molecule has 0 saturated carbocycles. The first-order valence-electron chi connectivity index (χ1n) is 5.96. The maximum absolute atomic E-state index is 11.1. The molecule has 1 N–H and O–H groups in total. The quantitative estimate of drug-likeness (QED) is 0.836. The van der Waals surface area contributed by atoms with E-state index in [1.54, 1.807) is 0 Å². The summed E-state index contributed by atoms with van der Waals surface area (Å²) in [5, 5.41) is 9.57. The summed E-state index contributed by atoms with van der Waals surface area (Å²) in [5.74, 6) is -0.653. The normalized spacial score (nSPS) is 15.9. The van der Waals surface area contributed by atoms with Crippen LogP contribution in [0.2, 0.25) is 0 Å². The number of nitrogens with zero attached hydrogens (tertiary/aromatic N) is 1. The van der Waals surface area contributed by atoms with Crippen LogP contribution in [-0.2, 0) is 17.6 Å². The monoisotopic (exact) mass is 251 g/mol. The summed E-state index contributed by atoms with van der Waals surface area (Å²) in [6, 6.07) is 4.05. The number of carbonyl (C=O) groups is 1. The van der Waals surface area contributed by atoms with Crippen molar-refractivity contribution in [1.29, 1.82) is 0 Å². The highest BCUT2D eigenvalue weighted by Gasteiger charge is 2.24. The number of carboxylic acids is 1. The summed E-state index contributed by atoms with van der Waals surface area (Å²) in [6.07, 6.45) is 3.31. The lowest BCUT2D eigenvalue weighted by atomic mass is 10.1. The molecule has 3 nitrogen and oxygen atoms in total. The lowest BCUT2D eigenvalue weighted by Gasteiger charge is -2.15. The van der Waals surface area contributed by atoms with Gasteiger partial charge in [0.2, 0.25) is 0 Å². The van der Waals surface area contributed by atoms with Gasteiger partial charge in [0.05, 0.1) is 5.03 Å². The van der Waals surface area contributed by atoms with Gasteiger partial charge < -0.3 is 5.11 Å². The Morgan fingerprint density at radius 3 is 2.82 bits per heavy atom. The minimum absolute atomic E-state index is 0.104. The van der Waals surface area contributed by atoms with E-state index < -0.39 is 11.2 Å². The second kappa shape index (κ2) is 5.08. The zero-order valence-electron chi connectivity index (χ0n) is 10.1. The lowest BCUT2D eigenvalue weighted by Crippen LogP contribution is -2.22. The molecule has 2 rings (SSSR count). The number of hydrogen-bond donors (Lipinski definition) is 1. The molecule has 1 aromatic heterocycles. The number of thioether (sulfide) groups is 1. The topological polar surface area (TPSA) is 50.2 Å². The van der Waals surface area contributed by atoms with Gasteiger partial charge in [-0.3, -0.25) is 4.79 Å². The van der Waals surface area contributed by atoms with Crippen LogP contribution in [0.4, 0.5) is 0 Å². The third-order valence-corrected chi connectivity index (χ3v) is 4.47. The van der Waals surface area contributed by atoms with Gasteiger partial charge in [0.25, 0.3) is 0 Å². The molecule has 4 heteroatoms. The molecule has 0 spiro atoms. The Balaban J connectivity index is 2.15. The van der Waals surface area contributed by atoms with Crippen LogP contribution in [0.5, 0.6) is 0 Å². The maximum Gasteiger partial charge on any atom is 0.317 e. The van der Waals surface area contributed by atoms with E-state index in [2.05, 4.69) is 11.1 Å². The molecule has 0 radical (unpaired) electrons. The second-order valence-corrected chi connectivity index (χ2v) is 5.89. The average molecular weight is 251 g/mol. The van der Waals surface area contributed by atoms with Crippen LogP contribution < -0.4 is 0 Å². The number of hydrogen-bond acceptors (Lipinski definition) is 3. The van der Waals surface area contributed by atoms with E-state index in [1.807, 2.05) is 19.9 Å². The van der Waals surface area contributed by atoms with Crippen molar-refractivity contribution in [3.8, 4) is 0 Å². The van der Waals surface area contributed by atoms with Gasteiger partial charge in [-0.05, 0) is 36.8 Å². The van der Waals surface area contributed by atoms with Gasteiger partial charge >= 0.3 is 5.97 Å². The molecule has 0 fully saturated rings. The predicted molar refractivity (Wildman–Crippen MR) is 68.4 cm³/mol. The van der Waals surface area contributed by atoms with Gasteiger partial charge in [-0.25, -0.2) is 4.98 Å². The molecule has 17 heavy (non-hydrogen) atoms. The van der Waals surface area contributed by atoms with E-state index in [0.717, 1.165) is 23.6 Å². The molecule has 1 aliphatic rings. The van der Waals surface area contributed by atoms with Crippen molar-refractivity contribution in [2.24, 2.45) is 5.92 Å². The summed E-state index contributed by atoms with van der Waals surface area (Å²) < 4.78 is 0. The number of rotatable bonds is 4. The van der Waals surface area contributed by atoms with E-state index in [1.165, 1.54) is 23.7 Å². The van der Waals surface area contributed by atoms with E-state index in [-0.39, 0.29) is 5.92 Å². The van der Waals surface area contributed by atoms with Gasteiger partial charge in [0, 0.05) is 5.69 Å². The fraction of sp³-hybridized carbons (Fsp3) is 0.538. The molecule has 0 aliphatic heterocycles. The van der Waals surface area contributed by atoms with Crippen LogP contribution in [0.25, 0.3) is 0 Å². The standard InChI is InChI=1S/C13H17NO2S/c1-8(2)12(13(15)16)17-11-7-6-9-4-3-5-10(9)14-11/h6-8,12H,3-5H2,1-2H3,(H,15,16). The van der Waals surface area contributed by atoms with Crippen molar-refractivity contribution < 1.29 is 9.90 Å². The smallest absolute Gasteiger partial charge is 0.317 e. The zero-order valence-corrected chi connectivity index (χ0v) is 11.0. The molecule has 0 saturated heterocycles. The van der Waals surface area contributed by atoms with Crippen LogP contribution >= 0.6 is 11.8 Å². The molecule has 1 aliphatic carbocycles. The number of pyridine rings is 1. The van der Waals surface area contributed by atoms with Crippen LogP contribution in [0, 0.1) is 5.92 Å². The molecule has 0 amide bonds. The van der Waals surface area contributed by atoms with E-state index in [4.69, 9.17) is 5.11 Å². The number of carboxylic acid groups (broad SMARTS) is 1. The van der Waals surface area contributed by atoms with Crippen molar-refractivity contribution in [1.82, 2.24) is 4.98 Å². The fourth-order valence-corrected chi connectivity index (χ4v) is 3.01. The van der Waals surface area contributed by atoms with Crippen molar-refractivity contribution in [3.63, 3.8) is 0 Å². The summed E-state index contributed by atoms with van der Waals surface area (Å²) in [6.45, 7) is 3.86. The Morgan fingerprint density at radius 2 is 2.18 bits per heavy atom. The third kappa shape index (κ3) is 2.80. The summed E-state index contributed by atoms with van der Waals surface area (Å²) in [7, 11) is 0. The number of aryl methyl sites for hydroxylation is 2. The predicted octanol–water partition coefficient (Wildman–Crippen LogP) is 2.77. The average Bonchev–Trinajstić information content (AvgIpc) is 2.71. The Morgan fingerprint density at radius 1 is 1.41 bits per heavy atom. The molecular formula is C13H17NO2S. The summed E-state index contributed by atoms with van der Waals surface area (Å²) >= 11 is 1.36. The van der Waals surface area contributed by atoms with E-state index in [9.17, 15) is 4.79 Å². The van der Waals surface area contributed by atoms with Gasteiger partial charge in [-0.1, -0.05) is 31.7 Å². The van der Waals surface area contributed by atoms with Crippen molar-refractivity contribution in [2.75, 3.05) is 0 Å². The van der Waals surface area contributed by atoms with Crippen molar-refractivity contribution >= 4 is 17.7 Å². The van der Waals surface area contributed by atoms with Crippen LogP contribution in [-0.4, -0.2) is 21.3 Å². The van der Waals surface area contributed by atoms with Gasteiger partial charge in [0.1, 0.15) is 5.25 Å². The summed E-state index contributed by atoms with van der Waals surface area (Å²) in [5.41, 5.74) is 2.48. The molecule has 1 heterocycles. The molecular weight excluding hydrogens is 234 g/mol.